The first kappa shape index (κ1) is 15.0. The van der Waals surface area contributed by atoms with E-state index in [1.807, 2.05) is 0 Å². The van der Waals surface area contributed by atoms with Crippen LogP contribution in [0.3, 0.4) is 0 Å². The monoisotopic (exact) mass is 308 g/mol. The molecule has 1 amide bonds. The van der Waals surface area contributed by atoms with E-state index in [1.165, 1.54) is 4.68 Å². The smallest absolute Gasteiger partial charge is 0.358 e. The number of nitrogens with zero attached hydrogens (tertiary/aromatic N) is 3. The molecular weight excluding hydrogens is 296 g/mol. The van der Waals surface area contributed by atoms with E-state index in [0.29, 0.717) is 16.4 Å². The predicted octanol–water partition coefficient (Wildman–Crippen LogP) is 2.14. The van der Waals surface area contributed by atoms with Crippen molar-refractivity contribution in [1.82, 2.24) is 15.0 Å². The number of nitrogens with one attached hydrogen (secondary N) is 1. The van der Waals surface area contributed by atoms with Crippen LogP contribution in [0.15, 0.2) is 24.3 Å². The van der Waals surface area contributed by atoms with E-state index in [4.69, 9.17) is 16.7 Å². The zero-order valence-corrected chi connectivity index (χ0v) is 12.1. The molecule has 1 unspecified atom stereocenters. The van der Waals surface area contributed by atoms with E-state index in [-0.39, 0.29) is 11.6 Å². The van der Waals surface area contributed by atoms with Gasteiger partial charge < -0.3 is 10.4 Å². The summed E-state index contributed by atoms with van der Waals surface area (Å²) in [6, 6.07) is 6.11. The summed E-state index contributed by atoms with van der Waals surface area (Å²) in [5.74, 6) is -1.55. The molecule has 1 heterocycles. The molecule has 0 saturated heterocycles. The number of benzene rings is 1. The van der Waals surface area contributed by atoms with Crippen molar-refractivity contribution >= 4 is 29.2 Å². The van der Waals surface area contributed by atoms with Crippen molar-refractivity contribution in [3.8, 4) is 0 Å². The van der Waals surface area contributed by atoms with E-state index >= 15 is 0 Å². The Hall–Kier alpha value is -2.41. The number of carboxylic acids is 1. The molecule has 1 aromatic carbocycles. The van der Waals surface area contributed by atoms with Crippen molar-refractivity contribution < 1.29 is 14.7 Å². The van der Waals surface area contributed by atoms with Gasteiger partial charge in [0.25, 0.3) is 0 Å². The lowest BCUT2D eigenvalue weighted by atomic mass is 10.2. The SMILES string of the molecule is Cc1c(C(=O)O)nnn1C(C)C(=O)Nc1ccccc1Cl. The second-order valence-electron chi connectivity index (χ2n) is 4.42. The molecule has 0 fully saturated rings. The topological polar surface area (TPSA) is 97.1 Å². The van der Waals surface area contributed by atoms with Gasteiger partial charge in [0.15, 0.2) is 5.69 Å². The van der Waals surface area contributed by atoms with Gasteiger partial charge in [-0.3, -0.25) is 4.79 Å². The van der Waals surface area contributed by atoms with Crippen molar-refractivity contribution in [2.24, 2.45) is 0 Å². The molecule has 7 nitrogen and oxygen atoms in total. The van der Waals surface area contributed by atoms with Crippen LogP contribution in [0.4, 0.5) is 5.69 Å². The van der Waals surface area contributed by atoms with Gasteiger partial charge in [0.05, 0.1) is 16.4 Å². The minimum absolute atomic E-state index is 0.174. The number of aromatic nitrogens is 3. The Bertz CT molecular complexity index is 698. The quantitative estimate of drug-likeness (QED) is 0.902. The highest BCUT2D eigenvalue weighted by atomic mass is 35.5. The number of hydrogen-bond donors (Lipinski definition) is 2. The average molecular weight is 309 g/mol. The second kappa shape index (κ2) is 5.92. The number of hydrogen-bond acceptors (Lipinski definition) is 4. The van der Waals surface area contributed by atoms with Gasteiger partial charge in [-0.25, -0.2) is 9.48 Å². The zero-order chi connectivity index (χ0) is 15.6. The third-order valence-electron chi connectivity index (χ3n) is 3.01. The lowest BCUT2D eigenvalue weighted by Crippen LogP contribution is -2.25. The van der Waals surface area contributed by atoms with Crippen LogP contribution >= 0.6 is 11.6 Å². The van der Waals surface area contributed by atoms with Crippen molar-refractivity contribution in [3.63, 3.8) is 0 Å². The maximum absolute atomic E-state index is 12.2. The molecular formula is C13H13ClN4O3. The van der Waals surface area contributed by atoms with Crippen molar-refractivity contribution in [2.45, 2.75) is 19.9 Å². The molecule has 1 aromatic heterocycles. The molecule has 2 aromatic rings. The van der Waals surface area contributed by atoms with Crippen LogP contribution in [-0.2, 0) is 4.79 Å². The predicted molar refractivity (Wildman–Crippen MR) is 76.5 cm³/mol. The number of halogens is 1. The summed E-state index contributed by atoms with van der Waals surface area (Å²) in [4.78, 5) is 23.1. The van der Waals surface area contributed by atoms with Crippen LogP contribution in [0.25, 0.3) is 0 Å². The van der Waals surface area contributed by atoms with E-state index in [2.05, 4.69) is 15.6 Å². The third-order valence-corrected chi connectivity index (χ3v) is 3.34. The fourth-order valence-corrected chi connectivity index (χ4v) is 2.00. The molecule has 2 N–H and O–H groups in total. The number of anilines is 1. The molecule has 0 spiro atoms. The minimum atomic E-state index is -1.18. The number of carboxylic acid groups (broad SMARTS) is 1. The van der Waals surface area contributed by atoms with Gasteiger partial charge >= 0.3 is 5.97 Å². The van der Waals surface area contributed by atoms with Crippen molar-refractivity contribution in [3.05, 3.63) is 40.7 Å². The zero-order valence-electron chi connectivity index (χ0n) is 11.4. The standard InChI is InChI=1S/C13H13ClN4O3/c1-7-11(13(20)21)16-17-18(7)8(2)12(19)15-10-6-4-3-5-9(10)14/h3-6,8H,1-2H3,(H,15,19)(H,20,21). The van der Waals surface area contributed by atoms with Crippen LogP contribution in [0, 0.1) is 6.92 Å². The van der Waals surface area contributed by atoms with Gasteiger partial charge in [-0.05, 0) is 26.0 Å². The lowest BCUT2D eigenvalue weighted by molar-refractivity contribution is -0.119. The van der Waals surface area contributed by atoms with Gasteiger partial charge in [0, 0.05) is 0 Å². The first-order valence-electron chi connectivity index (χ1n) is 6.12. The summed E-state index contributed by atoms with van der Waals surface area (Å²) in [7, 11) is 0. The molecule has 0 aliphatic carbocycles. The Morgan fingerprint density at radius 3 is 2.62 bits per heavy atom. The molecule has 8 heteroatoms. The Morgan fingerprint density at radius 2 is 2.05 bits per heavy atom. The highest BCUT2D eigenvalue weighted by Crippen LogP contribution is 2.22. The molecule has 1 atom stereocenters. The fraction of sp³-hybridized carbons (Fsp3) is 0.231. The average Bonchev–Trinajstić information content (AvgIpc) is 2.82. The van der Waals surface area contributed by atoms with Crippen LogP contribution in [0.2, 0.25) is 5.02 Å². The number of para-hydroxylation sites is 1. The molecule has 0 saturated carbocycles. The van der Waals surface area contributed by atoms with Gasteiger partial charge in [-0.1, -0.05) is 28.9 Å². The summed E-state index contributed by atoms with van der Waals surface area (Å²) in [5, 5.41) is 19.3. The Kier molecular flexibility index (Phi) is 4.23. The molecule has 0 aliphatic heterocycles. The first-order valence-corrected chi connectivity index (χ1v) is 6.50. The maximum Gasteiger partial charge on any atom is 0.358 e. The van der Waals surface area contributed by atoms with Crippen molar-refractivity contribution in [1.29, 1.82) is 0 Å². The molecule has 0 aliphatic rings. The van der Waals surface area contributed by atoms with Gasteiger partial charge in [-0.15, -0.1) is 5.10 Å². The first-order chi connectivity index (χ1) is 9.91. The highest BCUT2D eigenvalue weighted by molar-refractivity contribution is 6.33. The number of aromatic carboxylic acids is 1. The summed E-state index contributed by atoms with van der Waals surface area (Å²) in [6.45, 7) is 3.14. The van der Waals surface area contributed by atoms with E-state index in [0.717, 1.165) is 0 Å². The Balaban J connectivity index is 2.20. The third kappa shape index (κ3) is 3.03. The largest absolute Gasteiger partial charge is 0.476 e. The summed E-state index contributed by atoms with van der Waals surface area (Å²) < 4.78 is 1.26. The minimum Gasteiger partial charge on any atom is -0.476 e. The molecule has 21 heavy (non-hydrogen) atoms. The van der Waals surface area contributed by atoms with Crippen LogP contribution in [-0.4, -0.2) is 32.0 Å². The Labute approximate surface area is 125 Å². The highest BCUT2D eigenvalue weighted by Gasteiger charge is 2.23. The number of amides is 1. The van der Waals surface area contributed by atoms with Crippen molar-refractivity contribution in [2.75, 3.05) is 5.32 Å². The summed E-state index contributed by atoms with van der Waals surface area (Å²) in [6.07, 6.45) is 0. The Morgan fingerprint density at radius 1 is 1.38 bits per heavy atom. The lowest BCUT2D eigenvalue weighted by Gasteiger charge is -2.14. The van der Waals surface area contributed by atoms with E-state index in [1.54, 1.807) is 38.1 Å². The van der Waals surface area contributed by atoms with Gasteiger partial charge in [-0.2, -0.15) is 0 Å². The number of carbonyl (C=O) groups excluding carboxylic acids is 1. The number of rotatable bonds is 4. The molecule has 110 valence electrons. The fourth-order valence-electron chi connectivity index (χ4n) is 1.82. The summed E-state index contributed by atoms with van der Waals surface area (Å²) >= 11 is 5.97. The van der Waals surface area contributed by atoms with E-state index in [9.17, 15) is 9.59 Å². The van der Waals surface area contributed by atoms with Crippen LogP contribution < -0.4 is 5.32 Å². The van der Waals surface area contributed by atoms with Crippen LogP contribution in [0.5, 0.6) is 0 Å². The number of carbonyl (C=O) groups is 2. The van der Waals surface area contributed by atoms with Gasteiger partial charge in [0.2, 0.25) is 5.91 Å². The van der Waals surface area contributed by atoms with E-state index < -0.39 is 12.0 Å². The van der Waals surface area contributed by atoms with Gasteiger partial charge in [0.1, 0.15) is 6.04 Å². The second-order valence-corrected chi connectivity index (χ2v) is 4.83. The molecule has 2 rings (SSSR count). The maximum atomic E-state index is 12.2. The summed E-state index contributed by atoms with van der Waals surface area (Å²) in [5.41, 5.74) is 0.615. The normalized spacial score (nSPS) is 12.0. The molecule has 0 bridgehead atoms. The molecule has 0 radical (unpaired) electrons. The van der Waals surface area contributed by atoms with Crippen LogP contribution in [0.1, 0.15) is 29.1 Å².